The molecule has 3 nitrogen and oxygen atoms in total. The lowest BCUT2D eigenvalue weighted by molar-refractivity contribution is -0.179. The van der Waals surface area contributed by atoms with Crippen molar-refractivity contribution >= 4 is 15.9 Å². The predicted molar refractivity (Wildman–Crippen MR) is 77.8 cm³/mol. The van der Waals surface area contributed by atoms with E-state index in [1.807, 2.05) is 12.1 Å². The number of halogens is 2. The summed E-state index contributed by atoms with van der Waals surface area (Å²) >= 11 is 3.22. The van der Waals surface area contributed by atoms with Crippen molar-refractivity contribution in [1.29, 1.82) is 0 Å². The smallest absolute Gasteiger partial charge is 0.168 e. The number of hydrogen-bond acceptors (Lipinski definition) is 3. The fourth-order valence-electron chi connectivity index (χ4n) is 2.96. The Hall–Kier alpha value is -0.490. The van der Waals surface area contributed by atoms with Gasteiger partial charge in [0.1, 0.15) is 5.82 Å². The van der Waals surface area contributed by atoms with Gasteiger partial charge in [-0.1, -0.05) is 6.07 Å². The van der Waals surface area contributed by atoms with E-state index in [9.17, 15) is 4.39 Å². The number of hydrogen-bond donors (Lipinski definition) is 1. The molecule has 1 aliphatic carbocycles. The summed E-state index contributed by atoms with van der Waals surface area (Å²) in [6, 6.07) is 5.63. The molecule has 2 fully saturated rings. The minimum absolute atomic E-state index is 0.219. The number of nitrogens with one attached hydrogen (secondary N) is 1. The van der Waals surface area contributed by atoms with E-state index in [2.05, 4.69) is 21.2 Å². The molecular weight excluding hydrogens is 325 g/mol. The highest BCUT2D eigenvalue weighted by molar-refractivity contribution is 9.10. The zero-order valence-corrected chi connectivity index (χ0v) is 12.9. The summed E-state index contributed by atoms with van der Waals surface area (Å²) in [4.78, 5) is 0. The van der Waals surface area contributed by atoms with Gasteiger partial charge in [-0.15, -0.1) is 0 Å². The summed E-state index contributed by atoms with van der Waals surface area (Å²) in [6.45, 7) is 2.21. The van der Waals surface area contributed by atoms with E-state index in [0.29, 0.717) is 10.5 Å². The second-order valence-electron chi connectivity index (χ2n) is 5.51. The predicted octanol–water partition coefficient (Wildman–Crippen LogP) is 3.36. The molecule has 0 unspecified atom stereocenters. The standard InChI is InChI=1S/C15H19BrFNO2/c16-13-9-11(1-2-14(13)17)10-18-12-3-5-15(6-4-12)19-7-8-20-15/h1-2,9,12,18H,3-8,10H2. The molecule has 1 aromatic carbocycles. The van der Waals surface area contributed by atoms with Gasteiger partial charge in [0.25, 0.3) is 0 Å². The van der Waals surface area contributed by atoms with Gasteiger partial charge in [-0.05, 0) is 46.5 Å². The molecule has 0 bridgehead atoms. The van der Waals surface area contributed by atoms with Crippen molar-refractivity contribution < 1.29 is 13.9 Å². The van der Waals surface area contributed by atoms with E-state index < -0.39 is 0 Å². The van der Waals surface area contributed by atoms with Crippen LogP contribution < -0.4 is 5.32 Å². The lowest BCUT2D eigenvalue weighted by Gasteiger charge is -2.35. The van der Waals surface area contributed by atoms with E-state index in [-0.39, 0.29) is 11.6 Å². The molecule has 0 atom stereocenters. The molecule has 1 spiro atoms. The Morgan fingerprint density at radius 3 is 2.60 bits per heavy atom. The van der Waals surface area contributed by atoms with Crippen molar-refractivity contribution in [3.05, 3.63) is 34.1 Å². The van der Waals surface area contributed by atoms with Gasteiger partial charge >= 0.3 is 0 Å². The summed E-state index contributed by atoms with van der Waals surface area (Å²) in [5.41, 5.74) is 1.09. The summed E-state index contributed by atoms with van der Waals surface area (Å²) in [6.07, 6.45) is 4.03. The second kappa shape index (κ2) is 6.10. The van der Waals surface area contributed by atoms with Crippen LogP contribution in [0, 0.1) is 5.82 Å². The fraction of sp³-hybridized carbons (Fsp3) is 0.600. The summed E-state index contributed by atoms with van der Waals surface area (Å²) in [7, 11) is 0. The van der Waals surface area contributed by atoms with Crippen molar-refractivity contribution in [1.82, 2.24) is 5.32 Å². The molecule has 0 radical (unpaired) electrons. The fourth-order valence-corrected chi connectivity index (χ4v) is 3.39. The molecule has 20 heavy (non-hydrogen) atoms. The molecular formula is C15H19BrFNO2. The average molecular weight is 344 g/mol. The normalized spacial score (nSPS) is 22.5. The van der Waals surface area contributed by atoms with Gasteiger partial charge in [-0.25, -0.2) is 4.39 Å². The minimum Gasteiger partial charge on any atom is -0.348 e. The third kappa shape index (κ3) is 3.22. The lowest BCUT2D eigenvalue weighted by atomic mass is 9.90. The Morgan fingerprint density at radius 1 is 1.25 bits per heavy atom. The second-order valence-corrected chi connectivity index (χ2v) is 6.37. The zero-order valence-electron chi connectivity index (χ0n) is 11.3. The molecule has 0 amide bonds. The van der Waals surface area contributed by atoms with E-state index in [1.54, 1.807) is 0 Å². The minimum atomic E-state index is -0.295. The van der Waals surface area contributed by atoms with Crippen molar-refractivity contribution in [3.8, 4) is 0 Å². The highest BCUT2D eigenvalue weighted by Crippen LogP contribution is 2.35. The molecule has 1 aromatic rings. The third-order valence-electron chi connectivity index (χ3n) is 4.14. The van der Waals surface area contributed by atoms with Gasteiger partial charge in [-0.2, -0.15) is 0 Å². The van der Waals surface area contributed by atoms with Crippen molar-refractivity contribution in [2.24, 2.45) is 0 Å². The van der Waals surface area contributed by atoms with Crippen molar-refractivity contribution in [2.45, 2.75) is 44.1 Å². The van der Waals surface area contributed by atoms with E-state index >= 15 is 0 Å². The highest BCUT2D eigenvalue weighted by Gasteiger charge is 2.40. The van der Waals surface area contributed by atoms with Crippen LogP contribution >= 0.6 is 15.9 Å². The first kappa shape index (κ1) is 14.4. The van der Waals surface area contributed by atoms with E-state index in [1.165, 1.54) is 6.07 Å². The largest absolute Gasteiger partial charge is 0.348 e. The van der Waals surface area contributed by atoms with Gasteiger partial charge in [0, 0.05) is 25.4 Å². The quantitative estimate of drug-likeness (QED) is 0.912. The Balaban J connectivity index is 1.49. The maximum Gasteiger partial charge on any atom is 0.168 e. The van der Waals surface area contributed by atoms with Crippen LogP contribution in [-0.2, 0) is 16.0 Å². The van der Waals surface area contributed by atoms with E-state index in [4.69, 9.17) is 9.47 Å². The maximum absolute atomic E-state index is 13.2. The van der Waals surface area contributed by atoms with Crippen LogP contribution in [-0.4, -0.2) is 25.0 Å². The van der Waals surface area contributed by atoms with Crippen LogP contribution in [0.15, 0.2) is 22.7 Å². The van der Waals surface area contributed by atoms with Gasteiger partial charge in [-0.3, -0.25) is 0 Å². The van der Waals surface area contributed by atoms with Crippen LogP contribution in [0.2, 0.25) is 0 Å². The number of ether oxygens (including phenoxy) is 2. The van der Waals surface area contributed by atoms with Gasteiger partial charge in [0.15, 0.2) is 5.79 Å². The van der Waals surface area contributed by atoms with Gasteiger partial charge < -0.3 is 14.8 Å². The van der Waals surface area contributed by atoms with Gasteiger partial charge in [0.05, 0.1) is 17.7 Å². The Kier molecular flexibility index (Phi) is 4.40. The molecule has 2 aliphatic rings. The number of benzene rings is 1. The SMILES string of the molecule is Fc1ccc(CNC2CCC3(CC2)OCCO3)cc1Br. The highest BCUT2D eigenvalue weighted by atomic mass is 79.9. The molecule has 1 saturated heterocycles. The molecule has 0 aromatic heterocycles. The van der Waals surface area contributed by atoms with Crippen LogP contribution in [0.3, 0.4) is 0 Å². The topological polar surface area (TPSA) is 30.5 Å². The third-order valence-corrected chi connectivity index (χ3v) is 4.75. The molecule has 5 heteroatoms. The average Bonchev–Trinajstić information content (AvgIpc) is 2.90. The molecule has 110 valence electrons. The molecule has 3 rings (SSSR count). The molecule has 1 saturated carbocycles. The van der Waals surface area contributed by atoms with Crippen LogP contribution in [0.4, 0.5) is 4.39 Å². The van der Waals surface area contributed by atoms with Gasteiger partial charge in [0.2, 0.25) is 0 Å². The van der Waals surface area contributed by atoms with Crippen molar-refractivity contribution in [3.63, 3.8) is 0 Å². The summed E-state index contributed by atoms with van der Waals surface area (Å²) in [5, 5.41) is 3.54. The maximum atomic E-state index is 13.2. The van der Waals surface area contributed by atoms with Crippen molar-refractivity contribution in [2.75, 3.05) is 13.2 Å². The Bertz CT molecular complexity index is 467. The molecule has 1 heterocycles. The van der Waals surface area contributed by atoms with Crippen LogP contribution in [0.1, 0.15) is 31.2 Å². The summed E-state index contributed by atoms with van der Waals surface area (Å²) in [5.74, 6) is -0.513. The first-order valence-electron chi connectivity index (χ1n) is 7.12. The first-order chi connectivity index (χ1) is 9.67. The molecule has 1 aliphatic heterocycles. The summed E-state index contributed by atoms with van der Waals surface area (Å²) < 4.78 is 25.1. The van der Waals surface area contributed by atoms with Crippen LogP contribution in [0.5, 0.6) is 0 Å². The lowest BCUT2D eigenvalue weighted by Crippen LogP contribution is -2.41. The zero-order chi connectivity index (χ0) is 14.0. The Labute approximate surface area is 127 Å². The Morgan fingerprint density at radius 2 is 1.95 bits per heavy atom. The number of rotatable bonds is 3. The molecule has 1 N–H and O–H groups in total. The van der Waals surface area contributed by atoms with Crippen LogP contribution in [0.25, 0.3) is 0 Å². The monoisotopic (exact) mass is 343 g/mol. The van der Waals surface area contributed by atoms with E-state index in [0.717, 1.165) is 51.0 Å². The first-order valence-corrected chi connectivity index (χ1v) is 7.91.